The number of rotatable bonds is 6. The molecule has 0 saturated carbocycles. The van der Waals surface area contributed by atoms with E-state index in [9.17, 15) is 13.2 Å². The first-order chi connectivity index (χ1) is 15.3. The van der Waals surface area contributed by atoms with Gasteiger partial charge in [-0.2, -0.15) is 13.2 Å². The standard InChI is InChI=1S/C19H13F3N4O4S2/c1-27-10-3-13(29-7-9-8-31-16(23-9)19(20,21)22)11-5-15(30-14(11)4-10)12-6-26-17(24-12)32-18(25-26)28-2/h3-6,8H,7H2,1-2H3. The number of alkyl halides is 3. The SMILES string of the molecule is COc1cc(OCc2csc(C(F)(F)F)n2)c2cc(-c3cn4nc(OC)sc4n3)oc2c1. The summed E-state index contributed by atoms with van der Waals surface area (Å²) in [6, 6.07) is 5.07. The van der Waals surface area contributed by atoms with Crippen molar-refractivity contribution in [3.05, 3.63) is 40.5 Å². The maximum Gasteiger partial charge on any atom is 0.443 e. The van der Waals surface area contributed by atoms with Crippen molar-refractivity contribution in [2.75, 3.05) is 14.2 Å². The Kier molecular flexibility index (Phi) is 4.93. The first-order valence-electron chi connectivity index (χ1n) is 9.00. The molecule has 166 valence electrons. The van der Waals surface area contributed by atoms with Gasteiger partial charge in [0.25, 0.3) is 5.19 Å². The summed E-state index contributed by atoms with van der Waals surface area (Å²) >= 11 is 1.81. The Bertz CT molecular complexity index is 1390. The van der Waals surface area contributed by atoms with Crippen LogP contribution < -0.4 is 14.2 Å². The van der Waals surface area contributed by atoms with Gasteiger partial charge >= 0.3 is 6.18 Å². The third-order valence-corrected chi connectivity index (χ3v) is 6.25. The molecule has 0 aliphatic rings. The summed E-state index contributed by atoms with van der Waals surface area (Å²) in [4.78, 5) is 8.72. The lowest BCUT2D eigenvalue weighted by Gasteiger charge is -2.08. The van der Waals surface area contributed by atoms with E-state index in [1.807, 2.05) is 0 Å². The van der Waals surface area contributed by atoms with Gasteiger partial charge in [-0.3, -0.25) is 0 Å². The van der Waals surface area contributed by atoms with E-state index in [0.717, 1.165) is 0 Å². The van der Waals surface area contributed by atoms with Crippen LogP contribution in [0.4, 0.5) is 13.2 Å². The van der Waals surface area contributed by atoms with Crippen LogP contribution >= 0.6 is 22.7 Å². The maximum atomic E-state index is 12.8. The smallest absolute Gasteiger partial charge is 0.443 e. The number of halogens is 3. The Morgan fingerprint density at radius 2 is 1.97 bits per heavy atom. The number of hydrogen-bond donors (Lipinski definition) is 0. The summed E-state index contributed by atoms with van der Waals surface area (Å²) in [5, 5.41) is 5.75. The predicted molar refractivity (Wildman–Crippen MR) is 111 cm³/mol. The molecule has 0 spiro atoms. The van der Waals surface area contributed by atoms with E-state index >= 15 is 0 Å². The van der Waals surface area contributed by atoms with Gasteiger partial charge in [0.2, 0.25) is 4.96 Å². The van der Waals surface area contributed by atoms with Gasteiger partial charge in [0.1, 0.15) is 29.4 Å². The van der Waals surface area contributed by atoms with Crippen molar-refractivity contribution in [1.82, 2.24) is 19.6 Å². The Labute approximate surface area is 185 Å². The molecular weight excluding hydrogens is 469 g/mol. The zero-order valence-corrected chi connectivity index (χ0v) is 18.1. The van der Waals surface area contributed by atoms with Crippen LogP contribution in [0.25, 0.3) is 27.4 Å². The van der Waals surface area contributed by atoms with Gasteiger partial charge < -0.3 is 18.6 Å². The molecule has 0 N–H and O–H groups in total. The fraction of sp³-hybridized carbons (Fsp3) is 0.211. The number of benzene rings is 1. The lowest BCUT2D eigenvalue weighted by Crippen LogP contribution is -2.05. The molecule has 0 aliphatic heterocycles. The highest BCUT2D eigenvalue weighted by Gasteiger charge is 2.34. The highest BCUT2D eigenvalue weighted by Crippen LogP contribution is 2.38. The number of aromatic nitrogens is 4. The van der Waals surface area contributed by atoms with Crippen molar-refractivity contribution >= 4 is 38.6 Å². The van der Waals surface area contributed by atoms with Gasteiger partial charge in [-0.25, -0.2) is 14.5 Å². The van der Waals surface area contributed by atoms with Crippen LogP contribution in [0.3, 0.4) is 0 Å². The topological polar surface area (TPSA) is 83.9 Å². The van der Waals surface area contributed by atoms with Crippen molar-refractivity contribution in [3.63, 3.8) is 0 Å². The molecule has 0 amide bonds. The van der Waals surface area contributed by atoms with Crippen molar-refractivity contribution in [1.29, 1.82) is 0 Å². The van der Waals surface area contributed by atoms with E-state index < -0.39 is 11.2 Å². The van der Waals surface area contributed by atoms with Gasteiger partial charge in [-0.15, -0.1) is 16.4 Å². The van der Waals surface area contributed by atoms with Crippen molar-refractivity contribution in [2.45, 2.75) is 12.8 Å². The zero-order valence-electron chi connectivity index (χ0n) is 16.5. The molecule has 32 heavy (non-hydrogen) atoms. The Morgan fingerprint density at radius 3 is 2.66 bits per heavy atom. The monoisotopic (exact) mass is 482 g/mol. The lowest BCUT2D eigenvalue weighted by atomic mass is 10.2. The van der Waals surface area contributed by atoms with Crippen LogP contribution in [0.5, 0.6) is 16.7 Å². The number of ether oxygens (including phenoxy) is 3. The van der Waals surface area contributed by atoms with E-state index in [4.69, 9.17) is 18.6 Å². The second-order valence-electron chi connectivity index (χ2n) is 6.50. The van der Waals surface area contributed by atoms with Crippen molar-refractivity contribution in [2.24, 2.45) is 0 Å². The summed E-state index contributed by atoms with van der Waals surface area (Å²) in [6.45, 7) is -0.140. The van der Waals surface area contributed by atoms with Crippen LogP contribution in [0.2, 0.25) is 0 Å². The molecule has 0 fully saturated rings. The summed E-state index contributed by atoms with van der Waals surface area (Å²) < 4.78 is 62.1. The highest BCUT2D eigenvalue weighted by atomic mass is 32.1. The van der Waals surface area contributed by atoms with Crippen LogP contribution in [0.15, 0.2) is 34.2 Å². The largest absolute Gasteiger partial charge is 0.496 e. The zero-order chi connectivity index (χ0) is 22.5. The number of thiazole rings is 1. The van der Waals surface area contributed by atoms with Crippen molar-refractivity contribution in [3.8, 4) is 28.1 Å². The van der Waals surface area contributed by atoms with Crippen LogP contribution in [-0.4, -0.2) is 33.8 Å². The molecule has 0 saturated heterocycles. The van der Waals surface area contributed by atoms with E-state index in [0.29, 0.717) is 55.4 Å². The van der Waals surface area contributed by atoms with Gasteiger partial charge in [0.05, 0.1) is 31.5 Å². The van der Waals surface area contributed by atoms with Gasteiger partial charge in [0, 0.05) is 17.5 Å². The molecule has 1 aromatic carbocycles. The highest BCUT2D eigenvalue weighted by molar-refractivity contribution is 7.18. The number of imidazole rings is 1. The molecule has 0 aliphatic carbocycles. The van der Waals surface area contributed by atoms with Crippen LogP contribution in [0.1, 0.15) is 10.7 Å². The quantitative estimate of drug-likeness (QED) is 0.326. The third-order valence-electron chi connectivity index (χ3n) is 4.43. The maximum absolute atomic E-state index is 12.8. The van der Waals surface area contributed by atoms with E-state index in [2.05, 4.69) is 15.1 Å². The molecule has 4 aromatic heterocycles. The molecule has 8 nitrogen and oxygen atoms in total. The molecule has 0 radical (unpaired) electrons. The molecule has 5 rings (SSSR count). The molecule has 0 bridgehead atoms. The molecular formula is C19H13F3N4O4S2. The number of fused-ring (bicyclic) bond motifs is 2. The average molecular weight is 482 g/mol. The predicted octanol–water partition coefficient (Wildman–Crippen LogP) is 5.28. The fourth-order valence-corrected chi connectivity index (χ4v) is 4.36. The average Bonchev–Trinajstić information content (AvgIpc) is 3.52. The minimum Gasteiger partial charge on any atom is -0.496 e. The summed E-state index contributed by atoms with van der Waals surface area (Å²) in [5.41, 5.74) is 1.21. The molecule has 4 heterocycles. The van der Waals surface area contributed by atoms with Gasteiger partial charge in [-0.1, -0.05) is 0 Å². The van der Waals surface area contributed by atoms with Crippen LogP contribution in [-0.2, 0) is 12.8 Å². The van der Waals surface area contributed by atoms with E-state index in [-0.39, 0.29) is 12.3 Å². The second-order valence-corrected chi connectivity index (χ2v) is 8.28. The van der Waals surface area contributed by atoms with Gasteiger partial charge in [-0.05, 0) is 17.4 Å². The Balaban J connectivity index is 1.47. The third kappa shape index (κ3) is 3.73. The summed E-state index contributed by atoms with van der Waals surface area (Å²) in [7, 11) is 3.02. The van der Waals surface area contributed by atoms with Crippen molar-refractivity contribution < 1.29 is 31.8 Å². The number of furan rings is 1. The first kappa shape index (κ1) is 20.6. The fourth-order valence-electron chi connectivity index (χ4n) is 2.98. The Morgan fingerprint density at radius 1 is 1.12 bits per heavy atom. The number of methoxy groups -OCH3 is 2. The van der Waals surface area contributed by atoms with E-state index in [1.54, 1.807) is 28.9 Å². The second kappa shape index (κ2) is 7.67. The van der Waals surface area contributed by atoms with Crippen LogP contribution in [0, 0.1) is 0 Å². The Hall–Kier alpha value is -3.32. The first-order valence-corrected chi connectivity index (χ1v) is 10.7. The minimum absolute atomic E-state index is 0.140. The number of hydrogen-bond acceptors (Lipinski definition) is 9. The summed E-state index contributed by atoms with van der Waals surface area (Å²) in [6.07, 6.45) is -2.78. The van der Waals surface area contributed by atoms with E-state index in [1.165, 1.54) is 30.9 Å². The summed E-state index contributed by atoms with van der Waals surface area (Å²) in [5.74, 6) is 1.33. The lowest BCUT2D eigenvalue weighted by molar-refractivity contribution is -0.137. The normalized spacial score (nSPS) is 12.0. The minimum atomic E-state index is -4.48. The number of nitrogens with zero attached hydrogens (tertiary/aromatic N) is 4. The van der Waals surface area contributed by atoms with Gasteiger partial charge in [0.15, 0.2) is 10.8 Å². The molecule has 13 heteroatoms. The molecule has 5 aromatic rings. The molecule has 0 atom stereocenters. The molecule has 0 unspecified atom stereocenters.